The van der Waals surface area contributed by atoms with Gasteiger partial charge in [-0.1, -0.05) is 47.5 Å². The van der Waals surface area contributed by atoms with Gasteiger partial charge >= 0.3 is 5.97 Å². The lowest BCUT2D eigenvalue weighted by molar-refractivity contribution is 0.0697. The van der Waals surface area contributed by atoms with Crippen molar-refractivity contribution in [3.63, 3.8) is 0 Å². The van der Waals surface area contributed by atoms with Crippen molar-refractivity contribution >= 4 is 34.9 Å². The van der Waals surface area contributed by atoms with E-state index in [4.69, 9.17) is 28.3 Å². The predicted molar refractivity (Wildman–Crippen MR) is 119 cm³/mol. The highest BCUT2D eigenvalue weighted by Gasteiger charge is 2.25. The Bertz CT molecular complexity index is 1210. The lowest BCUT2D eigenvalue weighted by atomic mass is 10.1. The summed E-state index contributed by atoms with van der Waals surface area (Å²) in [4.78, 5) is 25.7. The van der Waals surface area contributed by atoms with Gasteiger partial charge < -0.3 is 14.6 Å². The number of aryl methyl sites for hydroxylation is 1. The van der Waals surface area contributed by atoms with E-state index < -0.39 is 5.97 Å². The summed E-state index contributed by atoms with van der Waals surface area (Å²) in [6.07, 6.45) is 1.20. The number of aromatic carboxylic acids is 1. The SMILES string of the molecule is O=C(O)c1ccc(CCn2c(CN3CCc4cccc(F)c43)c(Cl)cc(Cl)c2=O)cc1. The fraction of sp³-hybridized carbons (Fsp3) is 0.217. The normalized spacial score (nSPS) is 12.8. The van der Waals surface area contributed by atoms with Crippen LogP contribution in [-0.2, 0) is 25.9 Å². The highest BCUT2D eigenvalue weighted by atomic mass is 35.5. The summed E-state index contributed by atoms with van der Waals surface area (Å²) in [6, 6.07) is 12.9. The van der Waals surface area contributed by atoms with Crippen molar-refractivity contribution in [2.24, 2.45) is 0 Å². The first-order valence-corrected chi connectivity index (χ1v) is 10.5. The number of carboxylic acid groups (broad SMARTS) is 1. The molecule has 0 amide bonds. The minimum absolute atomic E-state index is 0.0166. The second-order valence-corrected chi connectivity index (χ2v) is 8.23. The molecule has 0 aliphatic carbocycles. The van der Waals surface area contributed by atoms with Crippen LogP contribution in [-0.4, -0.2) is 22.2 Å². The first-order valence-electron chi connectivity index (χ1n) is 9.77. The van der Waals surface area contributed by atoms with E-state index >= 15 is 0 Å². The van der Waals surface area contributed by atoms with Gasteiger partial charge in [-0.2, -0.15) is 0 Å². The summed E-state index contributed by atoms with van der Waals surface area (Å²) in [7, 11) is 0. The van der Waals surface area contributed by atoms with E-state index in [-0.39, 0.29) is 28.5 Å². The highest BCUT2D eigenvalue weighted by Crippen LogP contribution is 2.33. The maximum Gasteiger partial charge on any atom is 0.335 e. The molecule has 5 nitrogen and oxygen atoms in total. The largest absolute Gasteiger partial charge is 0.478 e. The second-order valence-electron chi connectivity index (χ2n) is 7.41. The number of hydrogen-bond acceptors (Lipinski definition) is 3. The number of hydrogen-bond donors (Lipinski definition) is 1. The van der Waals surface area contributed by atoms with Gasteiger partial charge in [0.15, 0.2) is 0 Å². The van der Waals surface area contributed by atoms with Gasteiger partial charge in [-0.05, 0) is 48.2 Å². The van der Waals surface area contributed by atoms with Crippen LogP contribution in [0.2, 0.25) is 10.0 Å². The smallest absolute Gasteiger partial charge is 0.335 e. The number of rotatable bonds is 6. The lowest BCUT2D eigenvalue weighted by Gasteiger charge is -2.23. The molecule has 31 heavy (non-hydrogen) atoms. The lowest BCUT2D eigenvalue weighted by Crippen LogP contribution is -2.30. The molecule has 0 unspecified atom stereocenters. The van der Waals surface area contributed by atoms with Crippen molar-refractivity contribution in [3.05, 3.63) is 97.1 Å². The molecule has 0 fully saturated rings. The molecule has 0 saturated heterocycles. The molecule has 3 aromatic rings. The van der Waals surface area contributed by atoms with E-state index in [1.807, 2.05) is 11.0 Å². The Balaban J connectivity index is 1.63. The molecule has 1 aromatic heterocycles. The maximum absolute atomic E-state index is 14.4. The topological polar surface area (TPSA) is 62.5 Å². The minimum atomic E-state index is -0.996. The Morgan fingerprint density at radius 3 is 2.55 bits per heavy atom. The van der Waals surface area contributed by atoms with Crippen LogP contribution in [0.5, 0.6) is 0 Å². The summed E-state index contributed by atoms with van der Waals surface area (Å²) in [5, 5.41) is 9.40. The van der Waals surface area contributed by atoms with Crippen molar-refractivity contribution in [2.45, 2.75) is 25.9 Å². The van der Waals surface area contributed by atoms with Gasteiger partial charge in [-0.25, -0.2) is 9.18 Å². The van der Waals surface area contributed by atoms with Crippen LogP contribution >= 0.6 is 23.2 Å². The average Bonchev–Trinajstić information content (AvgIpc) is 3.16. The third-order valence-corrected chi connectivity index (χ3v) is 6.11. The Kier molecular flexibility index (Phi) is 6.03. The van der Waals surface area contributed by atoms with Gasteiger partial charge in [0.05, 0.1) is 28.5 Å². The molecule has 1 aliphatic rings. The van der Waals surface area contributed by atoms with Gasteiger partial charge in [0.2, 0.25) is 0 Å². The second kappa shape index (κ2) is 8.73. The van der Waals surface area contributed by atoms with Crippen LogP contribution in [0.15, 0.2) is 53.3 Å². The van der Waals surface area contributed by atoms with Crippen LogP contribution in [0.4, 0.5) is 10.1 Å². The van der Waals surface area contributed by atoms with Gasteiger partial charge in [0.1, 0.15) is 10.8 Å². The van der Waals surface area contributed by atoms with Crippen molar-refractivity contribution in [2.75, 3.05) is 11.4 Å². The fourth-order valence-corrected chi connectivity index (χ4v) is 4.45. The van der Waals surface area contributed by atoms with Crippen LogP contribution in [0.1, 0.15) is 27.2 Å². The number of carbonyl (C=O) groups is 1. The summed E-state index contributed by atoms with van der Waals surface area (Å²) < 4.78 is 16.0. The Morgan fingerprint density at radius 1 is 1.10 bits per heavy atom. The highest BCUT2D eigenvalue weighted by molar-refractivity contribution is 6.34. The van der Waals surface area contributed by atoms with E-state index in [1.165, 1.54) is 28.8 Å². The molecule has 1 aliphatic heterocycles. The number of fused-ring (bicyclic) bond motifs is 1. The van der Waals surface area contributed by atoms with Crippen LogP contribution in [0.3, 0.4) is 0 Å². The zero-order chi connectivity index (χ0) is 22.1. The molecule has 0 radical (unpaired) electrons. The molecule has 0 spiro atoms. The number of anilines is 1. The first-order chi connectivity index (χ1) is 14.8. The standard InChI is InChI=1S/C23H19Cl2FN2O3/c24-17-12-18(25)22(29)28(11-8-14-4-6-16(7-5-14)23(30)31)20(17)13-27-10-9-15-2-1-3-19(26)21(15)27/h1-7,12H,8-11,13H2,(H,30,31). The van der Waals surface area contributed by atoms with E-state index in [0.29, 0.717) is 35.9 Å². The Hall–Kier alpha value is -2.83. The Morgan fingerprint density at radius 2 is 1.84 bits per heavy atom. The summed E-state index contributed by atoms with van der Waals surface area (Å²) in [5.74, 6) is -1.29. The molecular formula is C23H19Cl2FN2O3. The van der Waals surface area contributed by atoms with Crippen molar-refractivity contribution in [1.29, 1.82) is 0 Å². The van der Waals surface area contributed by atoms with Gasteiger partial charge in [0.25, 0.3) is 5.56 Å². The number of halogens is 3. The zero-order valence-corrected chi connectivity index (χ0v) is 18.0. The first kappa shape index (κ1) is 21.4. The zero-order valence-electron chi connectivity index (χ0n) is 16.4. The number of carboxylic acids is 1. The van der Waals surface area contributed by atoms with Crippen LogP contribution < -0.4 is 10.5 Å². The summed E-state index contributed by atoms with van der Waals surface area (Å²) in [5.41, 5.74) is 2.73. The van der Waals surface area contributed by atoms with Crippen LogP contribution in [0.25, 0.3) is 0 Å². The third-order valence-electron chi connectivity index (χ3n) is 5.51. The molecule has 0 atom stereocenters. The molecule has 0 bridgehead atoms. The van der Waals surface area contributed by atoms with E-state index in [1.54, 1.807) is 18.2 Å². The minimum Gasteiger partial charge on any atom is -0.478 e. The Labute approximate surface area is 188 Å². The molecule has 160 valence electrons. The van der Waals surface area contributed by atoms with Crippen molar-refractivity contribution in [1.82, 2.24) is 4.57 Å². The van der Waals surface area contributed by atoms with Crippen molar-refractivity contribution in [3.8, 4) is 0 Å². The van der Waals surface area contributed by atoms with E-state index in [0.717, 1.165) is 17.5 Å². The van der Waals surface area contributed by atoms with Gasteiger partial charge in [0, 0.05) is 13.1 Å². The fourth-order valence-electron chi connectivity index (χ4n) is 3.91. The quantitative estimate of drug-likeness (QED) is 0.573. The molecule has 2 heterocycles. The number of aromatic nitrogens is 1. The molecule has 4 rings (SSSR count). The monoisotopic (exact) mass is 460 g/mol. The average molecular weight is 461 g/mol. The van der Waals surface area contributed by atoms with Crippen LogP contribution in [0, 0.1) is 5.82 Å². The van der Waals surface area contributed by atoms with Crippen molar-refractivity contribution < 1.29 is 14.3 Å². The van der Waals surface area contributed by atoms with E-state index in [2.05, 4.69) is 0 Å². The van der Waals surface area contributed by atoms with E-state index in [9.17, 15) is 14.0 Å². The predicted octanol–water partition coefficient (Wildman–Crippen LogP) is 4.80. The third kappa shape index (κ3) is 4.31. The number of pyridine rings is 1. The molecule has 1 N–H and O–H groups in total. The number of para-hydroxylation sites is 1. The number of nitrogens with zero attached hydrogens (tertiary/aromatic N) is 2. The summed E-state index contributed by atoms with van der Waals surface area (Å²) in [6.45, 7) is 1.20. The maximum atomic E-state index is 14.4. The molecule has 2 aromatic carbocycles. The molecule has 8 heteroatoms. The molecule has 0 saturated carbocycles. The summed E-state index contributed by atoms with van der Waals surface area (Å²) >= 11 is 12.6. The number of benzene rings is 2. The molecular weight excluding hydrogens is 442 g/mol. The van der Waals surface area contributed by atoms with Gasteiger partial charge in [-0.3, -0.25) is 4.79 Å². The van der Waals surface area contributed by atoms with Gasteiger partial charge in [-0.15, -0.1) is 0 Å².